The third-order valence-electron chi connectivity index (χ3n) is 4.62. The molecule has 1 aromatic carbocycles. The van der Waals surface area contributed by atoms with E-state index in [2.05, 4.69) is 58.6 Å². The summed E-state index contributed by atoms with van der Waals surface area (Å²) < 4.78 is 5.43. The van der Waals surface area contributed by atoms with Crippen molar-refractivity contribution in [3.63, 3.8) is 0 Å². The molecule has 1 aliphatic heterocycles. The van der Waals surface area contributed by atoms with E-state index in [0.29, 0.717) is 13.1 Å². The summed E-state index contributed by atoms with van der Waals surface area (Å²) in [5.41, 5.74) is 2.56. The molecule has 2 N–H and O–H groups in total. The molecule has 1 aliphatic rings. The molecule has 0 bridgehead atoms. The number of nitrogens with zero attached hydrogens (tertiary/aromatic N) is 3. The largest absolute Gasteiger partial charge is 0.379 e. The molecule has 2 aromatic rings. The lowest BCUT2D eigenvalue weighted by Gasteiger charge is -2.26. The second-order valence-corrected chi connectivity index (χ2v) is 8.03. The van der Waals surface area contributed by atoms with E-state index in [9.17, 15) is 0 Å². The van der Waals surface area contributed by atoms with Crippen LogP contribution in [0.5, 0.6) is 0 Å². The molecule has 6 nitrogen and oxygen atoms in total. The van der Waals surface area contributed by atoms with Gasteiger partial charge in [-0.2, -0.15) is 0 Å². The number of ether oxygens (including phenoxy) is 1. The maximum absolute atomic E-state index is 5.43. The summed E-state index contributed by atoms with van der Waals surface area (Å²) in [7, 11) is 0. The maximum Gasteiger partial charge on any atom is 0.191 e. The lowest BCUT2D eigenvalue weighted by atomic mass is 10.1. The van der Waals surface area contributed by atoms with Gasteiger partial charge in [0.2, 0.25) is 0 Å². The zero-order valence-electron chi connectivity index (χ0n) is 16.9. The van der Waals surface area contributed by atoms with Crippen LogP contribution in [-0.2, 0) is 30.8 Å². The molecule has 0 amide bonds. The van der Waals surface area contributed by atoms with Crippen LogP contribution in [0.25, 0.3) is 0 Å². The van der Waals surface area contributed by atoms with Crippen molar-refractivity contribution in [3.8, 4) is 0 Å². The fourth-order valence-electron chi connectivity index (χ4n) is 3.11. The van der Waals surface area contributed by atoms with Crippen LogP contribution in [0.3, 0.4) is 0 Å². The highest BCUT2D eigenvalue weighted by atomic mass is 32.1. The van der Waals surface area contributed by atoms with Gasteiger partial charge in [-0.05, 0) is 24.5 Å². The van der Waals surface area contributed by atoms with Crippen molar-refractivity contribution < 1.29 is 4.74 Å². The molecule has 1 aromatic heterocycles. The van der Waals surface area contributed by atoms with E-state index < -0.39 is 0 Å². The van der Waals surface area contributed by atoms with Crippen molar-refractivity contribution in [2.75, 3.05) is 32.8 Å². The number of thiazole rings is 1. The molecule has 152 valence electrons. The Labute approximate surface area is 172 Å². The number of aromatic nitrogens is 1. The fourth-order valence-corrected chi connectivity index (χ4v) is 3.91. The number of morpholine rings is 1. The summed E-state index contributed by atoms with van der Waals surface area (Å²) in [5.74, 6) is 0.828. The smallest absolute Gasteiger partial charge is 0.191 e. The van der Waals surface area contributed by atoms with Gasteiger partial charge in [-0.25, -0.2) is 9.98 Å². The standard InChI is InChI=1S/C21H31N5OS/c1-3-19-14-23-20(28-19)15-25-21(22-4-2)24-13-17-6-5-7-18(12-17)16-26-8-10-27-11-9-26/h5-7,12,14H,3-4,8-11,13,15-16H2,1-2H3,(H2,22,24,25). The van der Waals surface area contributed by atoms with Gasteiger partial charge in [0.25, 0.3) is 0 Å². The van der Waals surface area contributed by atoms with Crippen molar-refractivity contribution in [1.29, 1.82) is 0 Å². The summed E-state index contributed by atoms with van der Waals surface area (Å²) in [4.78, 5) is 13.0. The van der Waals surface area contributed by atoms with Crippen molar-refractivity contribution >= 4 is 17.3 Å². The van der Waals surface area contributed by atoms with Crippen molar-refractivity contribution in [3.05, 3.63) is 51.5 Å². The molecule has 2 heterocycles. The molecule has 1 fully saturated rings. The number of benzene rings is 1. The highest BCUT2D eigenvalue weighted by Gasteiger charge is 2.10. The molecule has 0 atom stereocenters. The molecular weight excluding hydrogens is 370 g/mol. The van der Waals surface area contributed by atoms with Gasteiger partial charge in [-0.1, -0.05) is 31.2 Å². The van der Waals surface area contributed by atoms with Crippen LogP contribution in [0.4, 0.5) is 0 Å². The summed E-state index contributed by atoms with van der Waals surface area (Å²) >= 11 is 1.76. The Bertz CT molecular complexity index is 755. The Hall–Kier alpha value is -1.96. The lowest BCUT2D eigenvalue weighted by Crippen LogP contribution is -2.36. The molecule has 0 saturated carbocycles. The van der Waals surface area contributed by atoms with Gasteiger partial charge in [0, 0.05) is 37.3 Å². The van der Waals surface area contributed by atoms with Crippen molar-refractivity contribution in [2.24, 2.45) is 4.99 Å². The second kappa shape index (κ2) is 11.1. The predicted molar refractivity (Wildman–Crippen MR) is 116 cm³/mol. The maximum atomic E-state index is 5.43. The van der Waals surface area contributed by atoms with Gasteiger partial charge >= 0.3 is 0 Å². The number of hydrogen-bond donors (Lipinski definition) is 2. The van der Waals surface area contributed by atoms with Crippen LogP contribution in [0.2, 0.25) is 0 Å². The van der Waals surface area contributed by atoms with Crippen LogP contribution in [-0.4, -0.2) is 48.7 Å². The quantitative estimate of drug-likeness (QED) is 0.526. The Kier molecular flexibility index (Phi) is 8.26. The molecule has 7 heteroatoms. The Morgan fingerprint density at radius 2 is 2.04 bits per heavy atom. The summed E-state index contributed by atoms with van der Waals surface area (Å²) in [6, 6.07) is 8.73. The molecular formula is C21H31N5OS. The zero-order valence-corrected chi connectivity index (χ0v) is 17.7. The van der Waals surface area contributed by atoms with E-state index in [0.717, 1.165) is 56.8 Å². The van der Waals surface area contributed by atoms with E-state index in [1.54, 1.807) is 11.3 Å². The van der Waals surface area contributed by atoms with Crippen LogP contribution in [0.1, 0.15) is 34.9 Å². The predicted octanol–water partition coefficient (Wildman–Crippen LogP) is 2.79. The minimum atomic E-state index is 0.657. The number of hydrogen-bond acceptors (Lipinski definition) is 5. The second-order valence-electron chi connectivity index (χ2n) is 6.83. The van der Waals surface area contributed by atoms with Crippen LogP contribution in [0.15, 0.2) is 35.5 Å². The molecule has 0 aliphatic carbocycles. The molecule has 0 spiro atoms. The molecule has 1 saturated heterocycles. The number of aliphatic imine (C=N–C) groups is 1. The minimum Gasteiger partial charge on any atom is -0.379 e. The lowest BCUT2D eigenvalue weighted by molar-refractivity contribution is 0.0342. The molecule has 0 radical (unpaired) electrons. The monoisotopic (exact) mass is 401 g/mol. The highest BCUT2D eigenvalue weighted by Crippen LogP contribution is 2.13. The fraction of sp³-hybridized carbons (Fsp3) is 0.524. The average Bonchev–Trinajstić information content (AvgIpc) is 3.19. The number of aryl methyl sites for hydroxylation is 1. The number of nitrogens with one attached hydrogen (secondary N) is 2. The Balaban J connectivity index is 1.56. The first-order valence-electron chi connectivity index (χ1n) is 10.1. The Morgan fingerprint density at radius 3 is 2.79 bits per heavy atom. The van der Waals surface area contributed by atoms with Crippen LogP contribution < -0.4 is 10.6 Å². The van der Waals surface area contributed by atoms with E-state index in [-0.39, 0.29) is 0 Å². The minimum absolute atomic E-state index is 0.657. The highest BCUT2D eigenvalue weighted by molar-refractivity contribution is 7.11. The molecule has 3 rings (SSSR count). The first-order valence-corrected chi connectivity index (χ1v) is 10.9. The molecule has 0 unspecified atom stereocenters. The van der Waals surface area contributed by atoms with Gasteiger partial charge < -0.3 is 15.4 Å². The summed E-state index contributed by atoms with van der Waals surface area (Å²) in [5, 5.41) is 7.80. The van der Waals surface area contributed by atoms with Crippen LogP contribution in [0, 0.1) is 0 Å². The van der Waals surface area contributed by atoms with E-state index >= 15 is 0 Å². The van der Waals surface area contributed by atoms with Crippen LogP contribution >= 0.6 is 11.3 Å². The van der Waals surface area contributed by atoms with E-state index in [4.69, 9.17) is 9.73 Å². The molecule has 28 heavy (non-hydrogen) atoms. The van der Waals surface area contributed by atoms with Gasteiger partial charge in [0.1, 0.15) is 5.01 Å². The zero-order chi connectivity index (χ0) is 19.6. The van der Waals surface area contributed by atoms with Gasteiger partial charge in [-0.15, -0.1) is 11.3 Å². The first kappa shape index (κ1) is 20.8. The van der Waals surface area contributed by atoms with Crippen molar-refractivity contribution in [1.82, 2.24) is 20.5 Å². The van der Waals surface area contributed by atoms with Gasteiger partial charge in [0.15, 0.2) is 5.96 Å². The SMILES string of the molecule is CCNC(=NCc1cccc(CN2CCOCC2)c1)NCc1ncc(CC)s1. The third kappa shape index (κ3) is 6.58. The van der Waals surface area contributed by atoms with E-state index in [1.807, 2.05) is 6.20 Å². The third-order valence-corrected chi connectivity index (χ3v) is 5.76. The normalized spacial score (nSPS) is 15.6. The van der Waals surface area contributed by atoms with Crippen molar-refractivity contribution in [2.45, 2.75) is 39.9 Å². The number of rotatable bonds is 8. The van der Waals surface area contributed by atoms with E-state index in [1.165, 1.54) is 16.0 Å². The first-order chi connectivity index (χ1) is 13.8. The summed E-state index contributed by atoms with van der Waals surface area (Å²) in [6.45, 7) is 11.1. The summed E-state index contributed by atoms with van der Waals surface area (Å²) in [6.07, 6.45) is 3.00. The van der Waals surface area contributed by atoms with Gasteiger partial charge in [0.05, 0.1) is 26.3 Å². The average molecular weight is 402 g/mol. The van der Waals surface area contributed by atoms with Gasteiger partial charge in [-0.3, -0.25) is 4.90 Å². The topological polar surface area (TPSA) is 61.8 Å². The Morgan fingerprint density at radius 1 is 1.21 bits per heavy atom. The number of guanidine groups is 1.